The molecular weight excluding hydrogens is 430 g/mol. The van der Waals surface area contributed by atoms with Crippen LogP contribution in [-0.4, -0.2) is 40.5 Å². The van der Waals surface area contributed by atoms with E-state index in [9.17, 15) is 13.6 Å². The lowest BCUT2D eigenvalue weighted by molar-refractivity contribution is 0.102. The van der Waals surface area contributed by atoms with E-state index in [1.165, 1.54) is 39.8 Å². The number of nitrogens with one attached hydrogen (secondary N) is 1. The Morgan fingerprint density at radius 3 is 2.42 bits per heavy atom. The van der Waals surface area contributed by atoms with E-state index in [2.05, 4.69) is 25.9 Å². The molecule has 5 rings (SSSR count). The summed E-state index contributed by atoms with van der Waals surface area (Å²) in [6, 6.07) is 13.8. The van der Waals surface area contributed by atoms with Crippen molar-refractivity contribution in [3.8, 4) is 17.2 Å². The molecule has 1 amide bonds. The van der Waals surface area contributed by atoms with Crippen molar-refractivity contribution >= 4 is 11.6 Å². The first-order chi connectivity index (χ1) is 16.0. The molecule has 0 saturated carbocycles. The number of aromatic nitrogens is 7. The summed E-state index contributed by atoms with van der Waals surface area (Å²) >= 11 is 0. The minimum atomic E-state index is -0.552. The Hall–Kier alpha value is -4.67. The smallest absolute Gasteiger partial charge is 0.261 e. The van der Waals surface area contributed by atoms with Crippen molar-refractivity contribution in [3.63, 3.8) is 0 Å². The number of rotatable bonds is 5. The fourth-order valence-corrected chi connectivity index (χ4v) is 3.43. The van der Waals surface area contributed by atoms with Crippen LogP contribution in [0.3, 0.4) is 0 Å². The molecule has 0 aliphatic carbocycles. The van der Waals surface area contributed by atoms with Gasteiger partial charge in [-0.2, -0.15) is 9.78 Å². The summed E-state index contributed by atoms with van der Waals surface area (Å²) in [5.41, 5.74) is 0.795. The third kappa shape index (κ3) is 3.65. The summed E-state index contributed by atoms with van der Waals surface area (Å²) in [5, 5.41) is 18.0. The molecule has 5 aromatic rings. The fourth-order valence-electron chi connectivity index (χ4n) is 3.43. The molecule has 33 heavy (non-hydrogen) atoms. The number of carbonyl (C=O) groups is 1. The molecule has 2 aromatic carbocycles. The Balaban J connectivity index is 1.54. The molecule has 0 fully saturated rings. The van der Waals surface area contributed by atoms with Crippen LogP contribution in [-0.2, 0) is 0 Å². The zero-order chi connectivity index (χ0) is 22.9. The van der Waals surface area contributed by atoms with Gasteiger partial charge in [-0.25, -0.2) is 13.5 Å². The average Bonchev–Trinajstić information content (AvgIpc) is 3.56. The van der Waals surface area contributed by atoms with E-state index in [1.807, 2.05) is 0 Å². The molecule has 1 N–H and O–H groups in total. The Morgan fingerprint density at radius 2 is 1.70 bits per heavy atom. The maximum absolute atomic E-state index is 14.5. The van der Waals surface area contributed by atoms with Crippen LogP contribution < -0.4 is 5.32 Å². The standard InChI is InChI=1S/C22H16F2N8O/c1-14-27-28-29-31(14)20-12-15(8-9-18(20)24)26-21(33)16-13-25-32(19-7-3-2-6-17(19)23)22(16)30-10-4-5-11-30/h2-13H,1H3,(H,26,33). The van der Waals surface area contributed by atoms with Gasteiger partial charge in [0.2, 0.25) is 0 Å². The van der Waals surface area contributed by atoms with Gasteiger partial charge in [0.05, 0.1) is 6.20 Å². The molecular formula is C22H16F2N8O. The normalized spacial score (nSPS) is 11.0. The summed E-state index contributed by atoms with van der Waals surface area (Å²) in [6.07, 6.45) is 4.80. The highest BCUT2D eigenvalue weighted by molar-refractivity contribution is 6.06. The van der Waals surface area contributed by atoms with Gasteiger partial charge in [0, 0.05) is 18.1 Å². The number of benzene rings is 2. The van der Waals surface area contributed by atoms with Gasteiger partial charge in [-0.15, -0.1) is 5.10 Å². The van der Waals surface area contributed by atoms with E-state index in [-0.39, 0.29) is 16.9 Å². The van der Waals surface area contributed by atoms with Gasteiger partial charge in [-0.05, 0) is 59.8 Å². The lowest BCUT2D eigenvalue weighted by atomic mass is 10.2. The summed E-state index contributed by atoms with van der Waals surface area (Å²) in [4.78, 5) is 13.2. The van der Waals surface area contributed by atoms with Crippen LogP contribution in [0.25, 0.3) is 17.2 Å². The van der Waals surface area contributed by atoms with Gasteiger partial charge in [0.25, 0.3) is 5.91 Å². The predicted octanol–water partition coefficient (Wildman–Crippen LogP) is 3.48. The summed E-state index contributed by atoms with van der Waals surface area (Å²) in [6.45, 7) is 1.63. The monoisotopic (exact) mass is 446 g/mol. The Kier molecular flexibility index (Phi) is 4.98. The number of hydrogen-bond donors (Lipinski definition) is 1. The van der Waals surface area contributed by atoms with E-state index in [0.717, 1.165) is 0 Å². The first kappa shape index (κ1) is 20.2. The number of hydrogen-bond acceptors (Lipinski definition) is 5. The second kappa shape index (κ2) is 8.11. The zero-order valence-corrected chi connectivity index (χ0v) is 17.2. The number of amides is 1. The molecule has 3 heterocycles. The highest BCUT2D eigenvalue weighted by Crippen LogP contribution is 2.24. The molecule has 0 radical (unpaired) electrons. The highest BCUT2D eigenvalue weighted by atomic mass is 19.1. The molecule has 0 atom stereocenters. The minimum Gasteiger partial charge on any atom is -0.322 e. The van der Waals surface area contributed by atoms with Crippen LogP contribution in [0.4, 0.5) is 14.5 Å². The largest absolute Gasteiger partial charge is 0.322 e. The minimum absolute atomic E-state index is 0.0861. The lowest BCUT2D eigenvalue weighted by Crippen LogP contribution is -2.16. The molecule has 11 heteroatoms. The lowest BCUT2D eigenvalue weighted by Gasteiger charge is -2.12. The van der Waals surface area contributed by atoms with Crippen LogP contribution in [0.15, 0.2) is 73.2 Å². The maximum Gasteiger partial charge on any atom is 0.261 e. The van der Waals surface area contributed by atoms with E-state index in [4.69, 9.17) is 0 Å². The SMILES string of the molecule is Cc1nnnn1-c1cc(NC(=O)c2cnn(-c3ccccc3F)c2-n2cccc2)ccc1F. The van der Waals surface area contributed by atoms with Gasteiger partial charge in [-0.3, -0.25) is 4.79 Å². The molecule has 0 aliphatic heterocycles. The van der Waals surface area contributed by atoms with Crippen molar-refractivity contribution in [2.45, 2.75) is 6.92 Å². The molecule has 0 saturated heterocycles. The Morgan fingerprint density at radius 1 is 0.939 bits per heavy atom. The third-order valence-corrected chi connectivity index (χ3v) is 4.98. The highest BCUT2D eigenvalue weighted by Gasteiger charge is 2.22. The number of aryl methyl sites for hydroxylation is 1. The van der Waals surface area contributed by atoms with Crippen LogP contribution in [0.1, 0.15) is 16.2 Å². The topological polar surface area (TPSA) is 95.5 Å². The van der Waals surface area contributed by atoms with E-state index >= 15 is 0 Å². The average molecular weight is 446 g/mol. The predicted molar refractivity (Wildman–Crippen MR) is 115 cm³/mol. The van der Waals surface area contributed by atoms with Crippen molar-refractivity contribution in [2.24, 2.45) is 0 Å². The molecule has 9 nitrogen and oxygen atoms in total. The first-order valence-electron chi connectivity index (χ1n) is 9.85. The Bertz CT molecular complexity index is 1460. The van der Waals surface area contributed by atoms with E-state index < -0.39 is 17.5 Å². The molecule has 164 valence electrons. The van der Waals surface area contributed by atoms with Crippen molar-refractivity contribution in [3.05, 3.63) is 96.2 Å². The number of carbonyl (C=O) groups excluding carboxylic acids is 1. The summed E-state index contributed by atoms with van der Waals surface area (Å²) < 4.78 is 33.1. The number of anilines is 1. The second-order valence-corrected chi connectivity index (χ2v) is 7.09. The van der Waals surface area contributed by atoms with E-state index in [1.54, 1.807) is 54.2 Å². The quantitative estimate of drug-likeness (QED) is 0.446. The maximum atomic E-state index is 14.5. The first-order valence-corrected chi connectivity index (χ1v) is 9.85. The molecule has 0 spiro atoms. The fraction of sp³-hybridized carbons (Fsp3) is 0.0455. The van der Waals surface area contributed by atoms with Gasteiger partial charge in [0.1, 0.15) is 28.6 Å². The summed E-state index contributed by atoms with van der Waals surface area (Å²) in [5.74, 6) is -0.809. The van der Waals surface area contributed by atoms with Crippen LogP contribution in [0.2, 0.25) is 0 Å². The van der Waals surface area contributed by atoms with Crippen molar-refractivity contribution < 1.29 is 13.6 Å². The van der Waals surface area contributed by atoms with Crippen molar-refractivity contribution in [2.75, 3.05) is 5.32 Å². The van der Waals surface area contributed by atoms with Gasteiger partial charge < -0.3 is 9.88 Å². The van der Waals surface area contributed by atoms with Crippen molar-refractivity contribution in [1.82, 2.24) is 34.6 Å². The van der Waals surface area contributed by atoms with Crippen LogP contribution >= 0.6 is 0 Å². The van der Waals surface area contributed by atoms with Crippen LogP contribution in [0, 0.1) is 18.6 Å². The zero-order valence-electron chi connectivity index (χ0n) is 17.2. The molecule has 0 bridgehead atoms. The number of para-hydroxylation sites is 1. The third-order valence-electron chi connectivity index (χ3n) is 4.98. The van der Waals surface area contributed by atoms with Crippen molar-refractivity contribution in [1.29, 1.82) is 0 Å². The van der Waals surface area contributed by atoms with Gasteiger partial charge in [-0.1, -0.05) is 12.1 Å². The van der Waals surface area contributed by atoms with E-state index in [0.29, 0.717) is 17.3 Å². The molecule has 0 aliphatic rings. The molecule has 0 unspecified atom stereocenters. The second-order valence-electron chi connectivity index (χ2n) is 7.09. The number of nitrogens with zero attached hydrogens (tertiary/aromatic N) is 7. The van der Waals surface area contributed by atoms with Gasteiger partial charge >= 0.3 is 0 Å². The summed E-state index contributed by atoms with van der Waals surface area (Å²) in [7, 11) is 0. The number of tetrazole rings is 1. The van der Waals surface area contributed by atoms with Gasteiger partial charge in [0.15, 0.2) is 11.6 Å². The van der Waals surface area contributed by atoms with Crippen LogP contribution in [0.5, 0.6) is 0 Å². The number of halogens is 2. The Labute approximate surface area is 185 Å². The molecule has 3 aromatic heterocycles.